The Morgan fingerprint density at radius 1 is 1.47 bits per heavy atom. The van der Waals surface area contributed by atoms with Crippen LogP contribution in [0.3, 0.4) is 0 Å². The minimum absolute atomic E-state index is 0.0156. The molecule has 0 radical (unpaired) electrons. The van der Waals surface area contributed by atoms with Gasteiger partial charge < -0.3 is 5.11 Å². The van der Waals surface area contributed by atoms with Crippen LogP contribution in [0.1, 0.15) is 33.6 Å². The number of carboxylic acids is 1. The molecule has 0 spiro atoms. The van der Waals surface area contributed by atoms with Crippen LogP contribution < -0.4 is 0 Å². The predicted molar refractivity (Wildman–Crippen MR) is 72.7 cm³/mol. The van der Waals surface area contributed by atoms with Crippen LogP contribution in [0.4, 0.5) is 0 Å². The molecule has 0 aromatic rings. The number of rotatable bonds is 1. The first-order chi connectivity index (χ1) is 7.84. The monoisotopic (exact) mass is 276 g/mol. The second-order valence-electron chi connectivity index (χ2n) is 6.16. The Kier molecular flexibility index (Phi) is 3.71. The van der Waals surface area contributed by atoms with E-state index in [9.17, 15) is 9.90 Å². The van der Waals surface area contributed by atoms with E-state index in [4.69, 9.17) is 11.6 Å². The van der Waals surface area contributed by atoms with Gasteiger partial charge in [0.15, 0.2) is 0 Å². The molecule has 5 unspecified atom stereocenters. The van der Waals surface area contributed by atoms with E-state index in [1.165, 1.54) is 6.42 Å². The van der Waals surface area contributed by atoms with E-state index in [0.717, 1.165) is 5.75 Å². The fourth-order valence-electron chi connectivity index (χ4n) is 3.68. The van der Waals surface area contributed by atoms with Gasteiger partial charge in [-0.3, -0.25) is 4.79 Å². The molecule has 1 aliphatic heterocycles. The third-order valence-electron chi connectivity index (χ3n) is 4.67. The molecule has 0 aromatic carbocycles. The van der Waals surface area contributed by atoms with Gasteiger partial charge >= 0.3 is 5.97 Å². The van der Waals surface area contributed by atoms with Gasteiger partial charge in [0.05, 0.1) is 5.92 Å². The molecule has 0 bridgehead atoms. The van der Waals surface area contributed by atoms with Gasteiger partial charge in [0, 0.05) is 10.6 Å². The highest BCUT2D eigenvalue weighted by atomic mass is 35.5. The quantitative estimate of drug-likeness (QED) is 0.745. The third-order valence-corrected chi connectivity index (χ3v) is 6.71. The zero-order chi connectivity index (χ0) is 12.8. The second kappa shape index (κ2) is 4.65. The van der Waals surface area contributed by atoms with E-state index in [0.29, 0.717) is 17.6 Å². The van der Waals surface area contributed by atoms with Gasteiger partial charge in [-0.1, -0.05) is 20.8 Å². The van der Waals surface area contributed by atoms with Crippen LogP contribution in [0.25, 0.3) is 0 Å². The summed E-state index contributed by atoms with van der Waals surface area (Å²) in [7, 11) is 0. The van der Waals surface area contributed by atoms with E-state index in [1.54, 1.807) is 0 Å². The lowest BCUT2D eigenvalue weighted by atomic mass is 9.61. The Hall–Kier alpha value is 0.110. The largest absolute Gasteiger partial charge is 0.481 e. The molecule has 1 N–H and O–H groups in total. The van der Waals surface area contributed by atoms with E-state index in [1.807, 2.05) is 11.8 Å². The van der Waals surface area contributed by atoms with Gasteiger partial charge in [-0.05, 0) is 35.8 Å². The molecule has 0 aromatic heterocycles. The zero-order valence-electron chi connectivity index (χ0n) is 10.6. The molecule has 1 saturated heterocycles. The van der Waals surface area contributed by atoms with Crippen LogP contribution in [0.15, 0.2) is 0 Å². The van der Waals surface area contributed by atoms with Crippen molar-refractivity contribution in [2.75, 3.05) is 5.75 Å². The smallest absolute Gasteiger partial charge is 0.306 e. The SMILES string of the molecule is CC1C(C(=O)O)CC(Cl)C2SCCC(C)(C)C12. The number of aliphatic carboxylic acids is 1. The van der Waals surface area contributed by atoms with Crippen molar-refractivity contribution in [3.05, 3.63) is 0 Å². The van der Waals surface area contributed by atoms with Gasteiger partial charge in [0.1, 0.15) is 0 Å². The number of carbonyl (C=O) groups is 1. The number of carboxylic acid groups (broad SMARTS) is 1. The molecule has 2 rings (SSSR count). The van der Waals surface area contributed by atoms with Crippen LogP contribution >= 0.6 is 23.4 Å². The molecular formula is C13H21ClO2S. The van der Waals surface area contributed by atoms with Crippen LogP contribution in [0.2, 0.25) is 0 Å². The first-order valence-electron chi connectivity index (χ1n) is 6.33. The van der Waals surface area contributed by atoms with Crippen molar-refractivity contribution in [1.29, 1.82) is 0 Å². The number of hydrogen-bond donors (Lipinski definition) is 1. The van der Waals surface area contributed by atoms with Gasteiger partial charge in [0.25, 0.3) is 0 Å². The molecule has 0 amide bonds. The van der Waals surface area contributed by atoms with E-state index in [-0.39, 0.29) is 22.6 Å². The summed E-state index contributed by atoms with van der Waals surface area (Å²) in [6.07, 6.45) is 1.79. The third kappa shape index (κ3) is 2.33. The van der Waals surface area contributed by atoms with Crippen molar-refractivity contribution in [3.63, 3.8) is 0 Å². The van der Waals surface area contributed by atoms with Crippen molar-refractivity contribution < 1.29 is 9.90 Å². The van der Waals surface area contributed by atoms with Crippen molar-refractivity contribution >= 4 is 29.3 Å². The standard InChI is InChI=1S/C13H21ClO2S/c1-7-8(12(15)16)6-9(14)11-10(7)13(2,3)4-5-17-11/h7-11H,4-6H2,1-3H3,(H,15,16). The normalized spacial score (nSPS) is 45.1. The summed E-state index contributed by atoms with van der Waals surface area (Å²) in [4.78, 5) is 11.3. The average Bonchev–Trinajstić information content (AvgIpc) is 2.21. The van der Waals surface area contributed by atoms with Crippen molar-refractivity contribution in [1.82, 2.24) is 0 Å². The molecule has 17 heavy (non-hydrogen) atoms. The highest BCUT2D eigenvalue weighted by Gasteiger charge is 2.52. The lowest BCUT2D eigenvalue weighted by molar-refractivity contribution is -0.146. The van der Waals surface area contributed by atoms with E-state index in [2.05, 4.69) is 20.8 Å². The molecule has 2 aliphatic rings. The Balaban J connectivity index is 2.29. The molecule has 1 aliphatic carbocycles. The van der Waals surface area contributed by atoms with Crippen molar-refractivity contribution in [2.45, 2.75) is 44.2 Å². The maximum atomic E-state index is 11.3. The van der Waals surface area contributed by atoms with Crippen molar-refractivity contribution in [2.24, 2.45) is 23.2 Å². The van der Waals surface area contributed by atoms with Gasteiger partial charge in [-0.15, -0.1) is 11.6 Å². The summed E-state index contributed by atoms with van der Waals surface area (Å²) in [6, 6.07) is 0. The van der Waals surface area contributed by atoms with Crippen LogP contribution in [-0.2, 0) is 4.79 Å². The van der Waals surface area contributed by atoms with Gasteiger partial charge in [-0.25, -0.2) is 0 Å². The first kappa shape index (κ1) is 13.5. The van der Waals surface area contributed by atoms with Crippen LogP contribution in [0.5, 0.6) is 0 Å². The zero-order valence-corrected chi connectivity index (χ0v) is 12.2. The fourth-order valence-corrected chi connectivity index (χ4v) is 6.31. The van der Waals surface area contributed by atoms with E-state index >= 15 is 0 Å². The molecule has 5 atom stereocenters. The molecule has 1 saturated carbocycles. The fraction of sp³-hybridized carbons (Fsp3) is 0.923. The number of alkyl halides is 1. The molecule has 4 heteroatoms. The Morgan fingerprint density at radius 2 is 2.12 bits per heavy atom. The maximum absolute atomic E-state index is 11.3. The molecular weight excluding hydrogens is 256 g/mol. The average molecular weight is 277 g/mol. The Labute approximate surface area is 112 Å². The molecule has 2 nitrogen and oxygen atoms in total. The van der Waals surface area contributed by atoms with Crippen LogP contribution in [-0.4, -0.2) is 27.5 Å². The van der Waals surface area contributed by atoms with Gasteiger partial charge in [0.2, 0.25) is 0 Å². The summed E-state index contributed by atoms with van der Waals surface area (Å²) in [6.45, 7) is 6.65. The summed E-state index contributed by atoms with van der Waals surface area (Å²) in [5, 5.41) is 9.77. The molecule has 1 heterocycles. The summed E-state index contributed by atoms with van der Waals surface area (Å²) >= 11 is 8.39. The van der Waals surface area contributed by atoms with Crippen LogP contribution in [0, 0.1) is 23.2 Å². The van der Waals surface area contributed by atoms with E-state index < -0.39 is 5.97 Å². The minimum Gasteiger partial charge on any atom is -0.481 e. The van der Waals surface area contributed by atoms with Crippen molar-refractivity contribution in [3.8, 4) is 0 Å². The number of thioether (sulfide) groups is 1. The Bertz CT molecular complexity index is 319. The topological polar surface area (TPSA) is 37.3 Å². The minimum atomic E-state index is -0.673. The highest BCUT2D eigenvalue weighted by Crippen LogP contribution is 2.55. The number of hydrogen-bond acceptors (Lipinski definition) is 2. The lowest BCUT2D eigenvalue weighted by Crippen LogP contribution is -2.52. The Morgan fingerprint density at radius 3 is 2.71 bits per heavy atom. The predicted octanol–water partition coefficient (Wildman–Crippen LogP) is 3.48. The van der Waals surface area contributed by atoms with Gasteiger partial charge in [-0.2, -0.15) is 11.8 Å². The molecule has 98 valence electrons. The second-order valence-corrected chi connectivity index (χ2v) is 8.00. The maximum Gasteiger partial charge on any atom is 0.306 e. The highest BCUT2D eigenvalue weighted by molar-refractivity contribution is 8.00. The first-order valence-corrected chi connectivity index (χ1v) is 7.81. The number of fused-ring (bicyclic) bond motifs is 1. The lowest BCUT2D eigenvalue weighted by Gasteiger charge is -2.53. The summed E-state index contributed by atoms with van der Waals surface area (Å²) < 4.78 is 0. The summed E-state index contributed by atoms with van der Waals surface area (Å²) in [5.74, 6) is 0.876. The summed E-state index contributed by atoms with van der Waals surface area (Å²) in [5.41, 5.74) is 0.219. The number of halogens is 1. The molecule has 2 fully saturated rings.